The molecule has 1 amide bonds. The molecule has 6 heteroatoms. The molecule has 25 heavy (non-hydrogen) atoms. The van der Waals surface area contributed by atoms with Gasteiger partial charge in [0.15, 0.2) is 0 Å². The van der Waals surface area contributed by atoms with Crippen LogP contribution >= 0.6 is 0 Å². The lowest BCUT2D eigenvalue weighted by Crippen LogP contribution is -2.61. The number of hydrogen-bond acceptors (Lipinski definition) is 3. The SMILES string of the molecule is CC(=O)NC1CCN(C2CCN(C(C)C)CC2)CC1(F)F.CCCC.[HH]. The molecule has 0 aromatic rings. The Hall–Kier alpha value is -0.750. The molecule has 2 saturated heterocycles. The van der Waals surface area contributed by atoms with Crippen LogP contribution in [0.25, 0.3) is 0 Å². The highest BCUT2D eigenvalue weighted by Gasteiger charge is 2.46. The summed E-state index contributed by atoms with van der Waals surface area (Å²) in [5.74, 6) is -3.21. The summed E-state index contributed by atoms with van der Waals surface area (Å²) in [7, 11) is 0. The monoisotopic (exact) mass is 363 g/mol. The third-order valence-electron chi connectivity index (χ3n) is 5.25. The molecule has 0 spiro atoms. The van der Waals surface area contributed by atoms with Gasteiger partial charge in [-0.05, 0) is 46.2 Å². The van der Waals surface area contributed by atoms with Crippen molar-refractivity contribution in [3.63, 3.8) is 0 Å². The zero-order valence-corrected chi connectivity index (χ0v) is 16.7. The largest absolute Gasteiger partial charge is 0.347 e. The minimum atomic E-state index is -2.83. The first kappa shape index (κ1) is 22.3. The second-order valence-electron chi connectivity index (χ2n) is 7.63. The molecule has 0 radical (unpaired) electrons. The number of carbonyl (C=O) groups is 1. The first-order valence-electron chi connectivity index (χ1n) is 9.84. The summed E-state index contributed by atoms with van der Waals surface area (Å²) in [6.07, 6.45) is 4.88. The molecule has 2 fully saturated rings. The van der Waals surface area contributed by atoms with E-state index in [2.05, 4.69) is 37.9 Å². The number of halogens is 2. The van der Waals surface area contributed by atoms with Crippen molar-refractivity contribution in [2.45, 2.75) is 90.8 Å². The summed E-state index contributed by atoms with van der Waals surface area (Å²) in [6, 6.07) is -0.232. The van der Waals surface area contributed by atoms with E-state index in [1.54, 1.807) is 0 Å². The van der Waals surface area contributed by atoms with E-state index >= 15 is 0 Å². The van der Waals surface area contributed by atoms with Gasteiger partial charge < -0.3 is 10.2 Å². The summed E-state index contributed by atoms with van der Waals surface area (Å²) in [4.78, 5) is 15.3. The van der Waals surface area contributed by atoms with Crippen molar-refractivity contribution in [3.8, 4) is 0 Å². The Morgan fingerprint density at radius 1 is 1.16 bits per heavy atom. The number of hydrogen-bond donors (Lipinski definition) is 1. The minimum absolute atomic E-state index is 0. The highest BCUT2D eigenvalue weighted by Crippen LogP contribution is 2.31. The van der Waals surface area contributed by atoms with E-state index in [9.17, 15) is 13.6 Å². The van der Waals surface area contributed by atoms with Crippen LogP contribution in [0.4, 0.5) is 8.78 Å². The normalized spacial score (nSPS) is 25.4. The fourth-order valence-corrected chi connectivity index (χ4v) is 3.47. The third kappa shape index (κ3) is 7.18. The molecule has 1 unspecified atom stereocenters. The molecule has 0 bridgehead atoms. The third-order valence-corrected chi connectivity index (χ3v) is 5.25. The van der Waals surface area contributed by atoms with Gasteiger partial charge >= 0.3 is 0 Å². The first-order valence-corrected chi connectivity index (χ1v) is 9.84. The maximum absolute atomic E-state index is 14.2. The van der Waals surface area contributed by atoms with E-state index in [0.29, 0.717) is 19.0 Å². The van der Waals surface area contributed by atoms with Crippen molar-refractivity contribution < 1.29 is 15.0 Å². The second-order valence-corrected chi connectivity index (χ2v) is 7.63. The van der Waals surface area contributed by atoms with Crippen LogP contribution in [0.1, 0.15) is 68.1 Å². The number of unbranched alkanes of at least 4 members (excludes halogenated alkanes) is 1. The molecular weight excluding hydrogens is 324 g/mol. The van der Waals surface area contributed by atoms with E-state index in [0.717, 1.165) is 25.9 Å². The summed E-state index contributed by atoms with van der Waals surface area (Å²) >= 11 is 0. The number of piperidine rings is 2. The fraction of sp³-hybridized carbons (Fsp3) is 0.947. The molecule has 0 saturated carbocycles. The molecule has 2 aliphatic heterocycles. The average Bonchev–Trinajstić information content (AvgIpc) is 2.56. The molecule has 2 heterocycles. The predicted molar refractivity (Wildman–Crippen MR) is 101 cm³/mol. The quantitative estimate of drug-likeness (QED) is 0.826. The maximum Gasteiger partial charge on any atom is 0.280 e. The first-order chi connectivity index (χ1) is 11.7. The Kier molecular flexibility index (Phi) is 9.28. The Morgan fingerprint density at radius 2 is 1.72 bits per heavy atom. The zero-order valence-electron chi connectivity index (χ0n) is 16.7. The Balaban J connectivity index is 0.00000113. The van der Waals surface area contributed by atoms with Crippen LogP contribution in [0.15, 0.2) is 0 Å². The summed E-state index contributed by atoms with van der Waals surface area (Å²) in [5.41, 5.74) is 0. The number of amides is 1. The second kappa shape index (κ2) is 10.4. The van der Waals surface area contributed by atoms with Crippen LogP contribution in [0.2, 0.25) is 0 Å². The molecule has 4 nitrogen and oxygen atoms in total. The van der Waals surface area contributed by atoms with E-state index < -0.39 is 12.0 Å². The van der Waals surface area contributed by atoms with Gasteiger partial charge in [0.2, 0.25) is 5.91 Å². The summed E-state index contributed by atoms with van der Waals surface area (Å²) in [6.45, 7) is 12.4. The molecule has 1 atom stereocenters. The van der Waals surface area contributed by atoms with Crippen molar-refractivity contribution in [1.29, 1.82) is 0 Å². The number of nitrogens with one attached hydrogen (secondary N) is 1. The number of alkyl halides is 2. The summed E-state index contributed by atoms with van der Waals surface area (Å²) < 4.78 is 28.3. The smallest absolute Gasteiger partial charge is 0.280 e. The topological polar surface area (TPSA) is 35.6 Å². The van der Waals surface area contributed by atoms with Gasteiger partial charge in [0.05, 0.1) is 12.6 Å². The van der Waals surface area contributed by atoms with Gasteiger partial charge in [-0.25, -0.2) is 8.78 Å². The molecule has 2 rings (SSSR count). The minimum Gasteiger partial charge on any atom is -0.347 e. The number of rotatable bonds is 4. The lowest BCUT2D eigenvalue weighted by atomic mass is 9.95. The highest BCUT2D eigenvalue weighted by molar-refractivity contribution is 5.73. The van der Waals surface area contributed by atoms with Crippen molar-refractivity contribution in [1.82, 2.24) is 15.1 Å². The van der Waals surface area contributed by atoms with Gasteiger partial charge in [0.25, 0.3) is 5.92 Å². The van der Waals surface area contributed by atoms with Crippen LogP contribution in [-0.4, -0.2) is 65.9 Å². The van der Waals surface area contributed by atoms with E-state index in [1.165, 1.54) is 19.8 Å². The van der Waals surface area contributed by atoms with Gasteiger partial charge in [0, 0.05) is 27.0 Å². The molecule has 0 aromatic heterocycles. The number of carbonyl (C=O) groups excluding carboxylic acids is 1. The van der Waals surface area contributed by atoms with Gasteiger partial charge in [-0.15, -0.1) is 0 Å². The lowest BCUT2D eigenvalue weighted by molar-refractivity contribution is -0.131. The Morgan fingerprint density at radius 3 is 2.12 bits per heavy atom. The molecule has 0 aromatic carbocycles. The molecule has 150 valence electrons. The molecule has 0 aliphatic carbocycles. The van der Waals surface area contributed by atoms with Gasteiger partial charge in [-0.3, -0.25) is 9.69 Å². The molecule has 2 aliphatic rings. The van der Waals surface area contributed by atoms with Crippen molar-refractivity contribution >= 4 is 5.91 Å². The predicted octanol–water partition coefficient (Wildman–Crippen LogP) is 3.76. The zero-order chi connectivity index (χ0) is 19.0. The Labute approximate surface area is 153 Å². The number of nitrogens with zero attached hydrogens (tertiary/aromatic N) is 2. The maximum atomic E-state index is 14.2. The van der Waals surface area contributed by atoms with Crippen molar-refractivity contribution in [2.75, 3.05) is 26.2 Å². The van der Waals surface area contributed by atoms with E-state index in [4.69, 9.17) is 0 Å². The van der Waals surface area contributed by atoms with Gasteiger partial charge in [0.1, 0.15) is 0 Å². The van der Waals surface area contributed by atoms with Gasteiger partial charge in [-0.1, -0.05) is 26.7 Å². The van der Waals surface area contributed by atoms with Crippen LogP contribution in [0, 0.1) is 0 Å². The van der Waals surface area contributed by atoms with Crippen molar-refractivity contribution in [2.24, 2.45) is 0 Å². The van der Waals surface area contributed by atoms with Crippen LogP contribution < -0.4 is 5.32 Å². The van der Waals surface area contributed by atoms with E-state index in [-0.39, 0.29) is 19.9 Å². The highest BCUT2D eigenvalue weighted by atomic mass is 19.3. The van der Waals surface area contributed by atoms with Crippen molar-refractivity contribution in [3.05, 3.63) is 0 Å². The Bertz CT molecular complexity index is 400. The fourth-order valence-electron chi connectivity index (χ4n) is 3.47. The number of likely N-dealkylation sites (tertiary alicyclic amines) is 2. The average molecular weight is 364 g/mol. The summed E-state index contributed by atoms with van der Waals surface area (Å²) in [5, 5.41) is 2.39. The van der Waals surface area contributed by atoms with Crippen LogP contribution in [0.3, 0.4) is 0 Å². The van der Waals surface area contributed by atoms with Crippen LogP contribution in [0.5, 0.6) is 0 Å². The van der Waals surface area contributed by atoms with E-state index in [1.807, 2.05) is 4.90 Å². The molecule has 1 N–H and O–H groups in total. The van der Waals surface area contributed by atoms with Gasteiger partial charge in [-0.2, -0.15) is 0 Å². The van der Waals surface area contributed by atoms with Crippen LogP contribution in [-0.2, 0) is 4.79 Å². The lowest BCUT2D eigenvalue weighted by Gasteiger charge is -2.45. The molecular formula is C19H39F2N3O. The standard InChI is InChI=1S/C15H27F2N3O.C4H10.H2/c1-11(2)19-7-4-13(5-8-19)20-9-6-14(18-12(3)21)15(16,17)10-20;1-3-4-2;/h11,13-14H,4-10H2,1-3H3,(H,18,21);3-4H2,1-2H3;1H.